The van der Waals surface area contributed by atoms with Crippen molar-refractivity contribution in [2.45, 2.75) is 46.7 Å². The molecule has 3 atom stereocenters. The monoisotopic (exact) mass is 216 g/mol. The number of amides is 1. The molecule has 0 heterocycles. The van der Waals surface area contributed by atoms with Gasteiger partial charge in [0.15, 0.2) is 0 Å². The van der Waals surface area contributed by atoms with E-state index in [1.165, 1.54) is 0 Å². The van der Waals surface area contributed by atoms with Crippen molar-refractivity contribution in [3.63, 3.8) is 0 Å². The molecular formula is C11H24N2O2. The molecule has 0 saturated carbocycles. The summed E-state index contributed by atoms with van der Waals surface area (Å²) in [5.41, 5.74) is 5.57. The lowest BCUT2D eigenvalue weighted by Crippen LogP contribution is -2.52. The van der Waals surface area contributed by atoms with Crippen LogP contribution >= 0.6 is 0 Å². The number of nitrogens with one attached hydrogen (secondary N) is 1. The van der Waals surface area contributed by atoms with Gasteiger partial charge < -0.3 is 16.2 Å². The molecule has 1 amide bonds. The maximum Gasteiger partial charge on any atom is 0.237 e. The highest BCUT2D eigenvalue weighted by atomic mass is 16.3. The maximum absolute atomic E-state index is 11.7. The highest BCUT2D eigenvalue weighted by Gasteiger charge is 2.28. The SMILES string of the molecule is CC(CO)C(C)NC(=O)C(N)C(C)(C)C. The van der Waals surface area contributed by atoms with Crippen LogP contribution in [0.4, 0.5) is 0 Å². The first-order chi connectivity index (χ1) is 6.70. The number of carbonyl (C=O) groups is 1. The first kappa shape index (κ1) is 14.4. The maximum atomic E-state index is 11.7. The Hall–Kier alpha value is -0.610. The van der Waals surface area contributed by atoms with Crippen LogP contribution in [0, 0.1) is 11.3 Å². The van der Waals surface area contributed by atoms with Crippen molar-refractivity contribution in [3.8, 4) is 0 Å². The molecule has 90 valence electrons. The molecule has 4 nitrogen and oxygen atoms in total. The number of rotatable bonds is 4. The van der Waals surface area contributed by atoms with Crippen molar-refractivity contribution in [1.29, 1.82) is 0 Å². The van der Waals surface area contributed by atoms with Gasteiger partial charge in [-0.2, -0.15) is 0 Å². The zero-order chi connectivity index (χ0) is 12.2. The standard InChI is InChI=1S/C11H24N2O2/c1-7(6-14)8(2)13-10(15)9(12)11(3,4)5/h7-9,14H,6,12H2,1-5H3,(H,13,15). The average molecular weight is 216 g/mol. The molecule has 0 saturated heterocycles. The van der Waals surface area contributed by atoms with Crippen LogP contribution in [0.3, 0.4) is 0 Å². The van der Waals surface area contributed by atoms with E-state index in [0.29, 0.717) is 0 Å². The highest BCUT2D eigenvalue weighted by molar-refractivity contribution is 5.82. The Kier molecular flexibility index (Phi) is 5.24. The second kappa shape index (κ2) is 5.47. The molecule has 0 aliphatic rings. The molecule has 0 aliphatic heterocycles. The molecule has 0 rings (SSSR count). The first-order valence-electron chi connectivity index (χ1n) is 5.37. The first-order valence-corrected chi connectivity index (χ1v) is 5.37. The smallest absolute Gasteiger partial charge is 0.237 e. The molecule has 0 fully saturated rings. The van der Waals surface area contributed by atoms with Crippen molar-refractivity contribution in [2.75, 3.05) is 6.61 Å². The van der Waals surface area contributed by atoms with Gasteiger partial charge in [0.25, 0.3) is 0 Å². The average Bonchev–Trinajstić information content (AvgIpc) is 2.13. The highest BCUT2D eigenvalue weighted by Crippen LogP contribution is 2.17. The number of hydrogen-bond donors (Lipinski definition) is 3. The van der Waals surface area contributed by atoms with Crippen LogP contribution in [0.5, 0.6) is 0 Å². The third kappa shape index (κ3) is 4.62. The van der Waals surface area contributed by atoms with Crippen molar-refractivity contribution in [2.24, 2.45) is 17.1 Å². The van der Waals surface area contributed by atoms with Crippen molar-refractivity contribution >= 4 is 5.91 Å². The Balaban J connectivity index is 4.26. The van der Waals surface area contributed by atoms with Crippen LogP contribution in [0.2, 0.25) is 0 Å². The third-order valence-corrected chi connectivity index (χ3v) is 2.73. The van der Waals surface area contributed by atoms with E-state index >= 15 is 0 Å². The predicted molar refractivity (Wildman–Crippen MR) is 61.3 cm³/mol. The zero-order valence-corrected chi connectivity index (χ0v) is 10.4. The number of aliphatic hydroxyl groups excluding tert-OH is 1. The molecule has 0 spiro atoms. The fourth-order valence-corrected chi connectivity index (χ4v) is 1.01. The second-order valence-electron chi connectivity index (χ2n) is 5.30. The fraction of sp³-hybridized carbons (Fsp3) is 0.909. The van der Waals surface area contributed by atoms with Crippen LogP contribution in [-0.2, 0) is 4.79 Å². The topological polar surface area (TPSA) is 75.3 Å². The summed E-state index contributed by atoms with van der Waals surface area (Å²) < 4.78 is 0. The van der Waals surface area contributed by atoms with Gasteiger partial charge in [0.1, 0.15) is 0 Å². The van der Waals surface area contributed by atoms with Crippen molar-refractivity contribution in [3.05, 3.63) is 0 Å². The largest absolute Gasteiger partial charge is 0.396 e. The lowest BCUT2D eigenvalue weighted by atomic mass is 9.86. The summed E-state index contributed by atoms with van der Waals surface area (Å²) >= 11 is 0. The number of hydrogen-bond acceptors (Lipinski definition) is 3. The Bertz CT molecular complexity index is 211. The molecular weight excluding hydrogens is 192 g/mol. The normalized spacial score (nSPS) is 18.1. The van der Waals surface area contributed by atoms with Gasteiger partial charge in [-0.15, -0.1) is 0 Å². The van der Waals surface area contributed by atoms with E-state index in [0.717, 1.165) is 0 Å². The minimum absolute atomic E-state index is 0.0427. The second-order valence-corrected chi connectivity index (χ2v) is 5.30. The Morgan fingerprint density at radius 3 is 2.20 bits per heavy atom. The Morgan fingerprint density at radius 1 is 1.40 bits per heavy atom. The lowest BCUT2D eigenvalue weighted by Gasteiger charge is -2.28. The molecule has 0 bridgehead atoms. The Labute approximate surface area is 92.2 Å². The third-order valence-electron chi connectivity index (χ3n) is 2.73. The van der Waals surface area contributed by atoms with E-state index in [1.807, 2.05) is 34.6 Å². The van der Waals surface area contributed by atoms with Gasteiger partial charge in [0.05, 0.1) is 6.04 Å². The molecule has 0 aromatic heterocycles. The van der Waals surface area contributed by atoms with Crippen LogP contribution < -0.4 is 11.1 Å². The van der Waals surface area contributed by atoms with Crippen molar-refractivity contribution < 1.29 is 9.90 Å². The van der Waals surface area contributed by atoms with Gasteiger partial charge in [0.2, 0.25) is 5.91 Å². The van der Waals surface area contributed by atoms with E-state index in [9.17, 15) is 4.79 Å². The summed E-state index contributed by atoms with van der Waals surface area (Å²) in [5, 5.41) is 11.7. The van der Waals surface area contributed by atoms with Crippen LogP contribution in [0.25, 0.3) is 0 Å². The van der Waals surface area contributed by atoms with Gasteiger partial charge in [-0.05, 0) is 18.3 Å². The van der Waals surface area contributed by atoms with Gasteiger partial charge in [-0.1, -0.05) is 27.7 Å². The van der Waals surface area contributed by atoms with E-state index in [2.05, 4.69) is 5.32 Å². The van der Waals surface area contributed by atoms with E-state index in [4.69, 9.17) is 10.8 Å². The summed E-state index contributed by atoms with van der Waals surface area (Å²) in [6.45, 7) is 9.60. The molecule has 0 aromatic carbocycles. The van der Waals surface area contributed by atoms with E-state index < -0.39 is 6.04 Å². The van der Waals surface area contributed by atoms with Gasteiger partial charge >= 0.3 is 0 Å². The van der Waals surface area contributed by atoms with E-state index in [-0.39, 0.29) is 29.9 Å². The predicted octanol–water partition coefficient (Wildman–Crippen LogP) is 0.493. The molecule has 0 radical (unpaired) electrons. The van der Waals surface area contributed by atoms with Crippen LogP contribution in [0.1, 0.15) is 34.6 Å². The molecule has 15 heavy (non-hydrogen) atoms. The summed E-state index contributed by atoms with van der Waals surface area (Å²) in [6, 6.07) is -0.582. The van der Waals surface area contributed by atoms with Gasteiger partial charge in [-0.25, -0.2) is 0 Å². The van der Waals surface area contributed by atoms with Crippen LogP contribution in [0.15, 0.2) is 0 Å². The molecule has 3 unspecified atom stereocenters. The summed E-state index contributed by atoms with van der Waals surface area (Å²) in [4.78, 5) is 11.7. The summed E-state index contributed by atoms with van der Waals surface area (Å²) in [6.07, 6.45) is 0. The summed E-state index contributed by atoms with van der Waals surface area (Å²) in [5.74, 6) is -0.114. The molecule has 0 aromatic rings. The number of carbonyl (C=O) groups excluding carboxylic acids is 1. The Morgan fingerprint density at radius 2 is 1.87 bits per heavy atom. The zero-order valence-electron chi connectivity index (χ0n) is 10.4. The molecule has 4 heteroatoms. The molecule has 4 N–H and O–H groups in total. The minimum atomic E-state index is -0.522. The van der Waals surface area contributed by atoms with Crippen molar-refractivity contribution in [1.82, 2.24) is 5.32 Å². The number of nitrogens with two attached hydrogens (primary N) is 1. The van der Waals surface area contributed by atoms with Crippen LogP contribution in [-0.4, -0.2) is 29.7 Å². The number of aliphatic hydroxyl groups is 1. The van der Waals surface area contributed by atoms with Gasteiger partial charge in [-0.3, -0.25) is 4.79 Å². The minimum Gasteiger partial charge on any atom is -0.396 e. The molecule has 0 aliphatic carbocycles. The van der Waals surface area contributed by atoms with Gasteiger partial charge in [0, 0.05) is 12.6 Å². The summed E-state index contributed by atoms with van der Waals surface area (Å²) in [7, 11) is 0. The quantitative estimate of drug-likeness (QED) is 0.640. The fourth-order valence-electron chi connectivity index (χ4n) is 1.01. The lowest BCUT2D eigenvalue weighted by molar-refractivity contribution is -0.125. The van der Waals surface area contributed by atoms with E-state index in [1.54, 1.807) is 0 Å².